The Bertz CT molecular complexity index is 976. The first-order valence-corrected chi connectivity index (χ1v) is 10.2. The second kappa shape index (κ2) is 9.35. The van der Waals surface area contributed by atoms with Crippen LogP contribution in [0.4, 0.5) is 0 Å². The molecule has 0 unspecified atom stereocenters. The molecule has 27 heavy (non-hydrogen) atoms. The van der Waals surface area contributed by atoms with Crippen molar-refractivity contribution in [1.29, 1.82) is 0 Å². The Kier molecular flexibility index (Phi) is 6.63. The van der Waals surface area contributed by atoms with Gasteiger partial charge in [0.1, 0.15) is 0 Å². The van der Waals surface area contributed by atoms with E-state index in [2.05, 4.69) is 34.9 Å². The number of nitrogens with one attached hydrogen (secondary N) is 2. The molecule has 0 aliphatic heterocycles. The molecule has 0 aliphatic rings. The summed E-state index contributed by atoms with van der Waals surface area (Å²) in [5, 5.41) is 8.30. The van der Waals surface area contributed by atoms with E-state index >= 15 is 0 Å². The van der Waals surface area contributed by atoms with Gasteiger partial charge < -0.3 is 5.32 Å². The first kappa shape index (κ1) is 19.1. The Morgan fingerprint density at radius 3 is 2.56 bits per heavy atom. The van der Waals surface area contributed by atoms with Crippen LogP contribution in [0.25, 0.3) is 16.8 Å². The Morgan fingerprint density at radius 2 is 1.78 bits per heavy atom. The standard InChI is InChI=1S/C22H20N2OS2/c1-27-19-12-9-16(10-13-19)15-23-22(26)24-21(25)14-11-18-7-4-6-17-5-2-3-8-20(17)18/h2-14H,15H2,1H3,(H2,23,24,25,26)/b14-11+. The summed E-state index contributed by atoms with van der Waals surface area (Å²) in [5.41, 5.74) is 2.10. The summed E-state index contributed by atoms with van der Waals surface area (Å²) in [6, 6.07) is 22.3. The molecule has 0 aromatic heterocycles. The highest BCUT2D eigenvalue weighted by atomic mass is 32.2. The van der Waals surface area contributed by atoms with Gasteiger partial charge >= 0.3 is 0 Å². The first-order chi connectivity index (χ1) is 13.2. The van der Waals surface area contributed by atoms with Crippen molar-refractivity contribution in [2.75, 3.05) is 6.26 Å². The molecule has 0 saturated heterocycles. The predicted molar refractivity (Wildman–Crippen MR) is 119 cm³/mol. The van der Waals surface area contributed by atoms with Crippen molar-refractivity contribution in [3.63, 3.8) is 0 Å². The van der Waals surface area contributed by atoms with Gasteiger partial charge in [-0.05, 0) is 58.6 Å². The number of rotatable bonds is 5. The van der Waals surface area contributed by atoms with Crippen molar-refractivity contribution in [3.05, 3.63) is 83.9 Å². The molecule has 5 heteroatoms. The van der Waals surface area contributed by atoms with Gasteiger partial charge in [-0.1, -0.05) is 54.6 Å². The first-order valence-electron chi connectivity index (χ1n) is 8.53. The van der Waals surface area contributed by atoms with Gasteiger partial charge in [0.2, 0.25) is 5.91 Å². The molecule has 0 spiro atoms. The van der Waals surface area contributed by atoms with Crippen molar-refractivity contribution >= 4 is 51.8 Å². The van der Waals surface area contributed by atoms with Crippen LogP contribution in [0.5, 0.6) is 0 Å². The number of thiocarbonyl (C=S) groups is 1. The summed E-state index contributed by atoms with van der Waals surface area (Å²) in [4.78, 5) is 13.3. The molecule has 3 rings (SSSR count). The molecule has 0 bridgehead atoms. The molecule has 0 fully saturated rings. The lowest BCUT2D eigenvalue weighted by Gasteiger charge is -2.08. The number of amides is 1. The van der Waals surface area contributed by atoms with Gasteiger partial charge in [0.25, 0.3) is 0 Å². The maximum atomic E-state index is 12.1. The average Bonchev–Trinajstić information content (AvgIpc) is 2.71. The van der Waals surface area contributed by atoms with E-state index < -0.39 is 0 Å². The highest BCUT2D eigenvalue weighted by Gasteiger charge is 2.02. The highest BCUT2D eigenvalue weighted by molar-refractivity contribution is 7.98. The van der Waals surface area contributed by atoms with Gasteiger partial charge in [-0.25, -0.2) is 0 Å². The van der Waals surface area contributed by atoms with Gasteiger partial charge in [0.15, 0.2) is 5.11 Å². The normalized spacial score (nSPS) is 10.9. The van der Waals surface area contributed by atoms with Crippen LogP contribution in [0.1, 0.15) is 11.1 Å². The lowest BCUT2D eigenvalue weighted by molar-refractivity contribution is -0.115. The smallest absolute Gasteiger partial charge is 0.250 e. The van der Waals surface area contributed by atoms with Crippen molar-refractivity contribution in [2.45, 2.75) is 11.4 Å². The van der Waals surface area contributed by atoms with Gasteiger partial charge in [-0.2, -0.15) is 0 Å². The van der Waals surface area contributed by atoms with E-state index in [4.69, 9.17) is 12.2 Å². The second-order valence-electron chi connectivity index (χ2n) is 5.92. The van der Waals surface area contributed by atoms with Crippen LogP contribution < -0.4 is 10.6 Å². The number of fused-ring (bicyclic) bond motifs is 1. The van der Waals surface area contributed by atoms with Crippen molar-refractivity contribution < 1.29 is 4.79 Å². The molecule has 0 aliphatic carbocycles. The Labute approximate surface area is 168 Å². The maximum Gasteiger partial charge on any atom is 0.250 e. The molecule has 3 nitrogen and oxygen atoms in total. The minimum absolute atomic E-state index is 0.252. The van der Waals surface area contributed by atoms with Crippen LogP contribution in [0.15, 0.2) is 77.7 Å². The maximum absolute atomic E-state index is 12.1. The lowest BCUT2D eigenvalue weighted by Crippen LogP contribution is -2.37. The van der Waals surface area contributed by atoms with E-state index in [1.807, 2.05) is 48.7 Å². The fourth-order valence-corrected chi connectivity index (χ4v) is 3.27. The van der Waals surface area contributed by atoms with E-state index in [1.54, 1.807) is 17.8 Å². The molecule has 3 aromatic carbocycles. The summed E-state index contributed by atoms with van der Waals surface area (Å²) in [6.07, 6.45) is 5.36. The zero-order valence-electron chi connectivity index (χ0n) is 14.9. The Balaban J connectivity index is 1.54. The zero-order chi connectivity index (χ0) is 19.1. The molecule has 136 valence electrons. The number of benzene rings is 3. The number of thioether (sulfide) groups is 1. The van der Waals surface area contributed by atoms with Crippen LogP contribution in [-0.2, 0) is 11.3 Å². The molecular weight excluding hydrogens is 372 g/mol. The lowest BCUT2D eigenvalue weighted by atomic mass is 10.0. The Morgan fingerprint density at radius 1 is 1.04 bits per heavy atom. The Hall–Kier alpha value is -2.63. The van der Waals surface area contributed by atoms with Crippen LogP contribution in [0.3, 0.4) is 0 Å². The SMILES string of the molecule is CSc1ccc(CNC(=S)NC(=O)/C=C/c2cccc3ccccc23)cc1. The van der Waals surface area contributed by atoms with E-state index in [0.29, 0.717) is 11.7 Å². The largest absolute Gasteiger partial charge is 0.358 e. The molecule has 2 N–H and O–H groups in total. The minimum atomic E-state index is -0.252. The molecule has 0 heterocycles. The number of carbonyl (C=O) groups is 1. The van der Waals surface area contributed by atoms with Crippen LogP contribution in [0.2, 0.25) is 0 Å². The zero-order valence-corrected chi connectivity index (χ0v) is 16.6. The van der Waals surface area contributed by atoms with E-state index in [9.17, 15) is 4.79 Å². The fourth-order valence-electron chi connectivity index (χ4n) is 2.68. The summed E-state index contributed by atoms with van der Waals surface area (Å²) in [7, 11) is 0. The van der Waals surface area contributed by atoms with E-state index in [-0.39, 0.29) is 5.91 Å². The van der Waals surface area contributed by atoms with Crippen molar-refractivity contribution in [1.82, 2.24) is 10.6 Å². The topological polar surface area (TPSA) is 41.1 Å². The van der Waals surface area contributed by atoms with Crippen LogP contribution in [-0.4, -0.2) is 17.3 Å². The summed E-state index contributed by atoms with van der Waals surface area (Å²) in [5.74, 6) is -0.252. The summed E-state index contributed by atoms with van der Waals surface area (Å²) in [6.45, 7) is 0.570. The number of hydrogen-bond acceptors (Lipinski definition) is 3. The molecule has 1 amide bonds. The average molecular weight is 393 g/mol. The van der Waals surface area contributed by atoms with Crippen LogP contribution in [0, 0.1) is 0 Å². The minimum Gasteiger partial charge on any atom is -0.358 e. The van der Waals surface area contributed by atoms with Gasteiger partial charge in [0.05, 0.1) is 0 Å². The van der Waals surface area contributed by atoms with E-state index in [1.165, 1.54) is 11.0 Å². The monoisotopic (exact) mass is 392 g/mol. The summed E-state index contributed by atoms with van der Waals surface area (Å²) >= 11 is 6.91. The third-order valence-corrected chi connectivity index (χ3v) is 5.08. The van der Waals surface area contributed by atoms with Gasteiger partial charge in [-0.15, -0.1) is 11.8 Å². The number of carbonyl (C=O) groups excluding carboxylic acids is 1. The molecule has 0 saturated carbocycles. The van der Waals surface area contributed by atoms with Gasteiger partial charge in [0, 0.05) is 17.5 Å². The predicted octanol–water partition coefficient (Wildman–Crippen LogP) is 4.77. The van der Waals surface area contributed by atoms with Gasteiger partial charge in [-0.3, -0.25) is 10.1 Å². The van der Waals surface area contributed by atoms with Crippen molar-refractivity contribution in [2.24, 2.45) is 0 Å². The molecule has 0 atom stereocenters. The third kappa shape index (κ3) is 5.42. The summed E-state index contributed by atoms with van der Waals surface area (Å²) < 4.78 is 0. The fraction of sp³-hybridized carbons (Fsp3) is 0.0909. The molecule has 3 aromatic rings. The third-order valence-electron chi connectivity index (χ3n) is 4.09. The van der Waals surface area contributed by atoms with E-state index in [0.717, 1.165) is 21.9 Å². The number of hydrogen-bond donors (Lipinski definition) is 2. The molecule has 0 radical (unpaired) electrons. The second-order valence-corrected chi connectivity index (χ2v) is 7.21. The van der Waals surface area contributed by atoms with Crippen LogP contribution >= 0.6 is 24.0 Å². The van der Waals surface area contributed by atoms with Crippen molar-refractivity contribution in [3.8, 4) is 0 Å². The molecular formula is C22H20N2OS2. The quantitative estimate of drug-likeness (QED) is 0.373. The highest BCUT2D eigenvalue weighted by Crippen LogP contribution is 2.19.